The normalized spacial score (nSPS) is 10.1. The largest absolute Gasteiger partial charge is 0.398 e. The van der Waals surface area contributed by atoms with Crippen LogP contribution in [0.2, 0.25) is 0 Å². The Hall–Kier alpha value is -2.21. The highest BCUT2D eigenvalue weighted by molar-refractivity contribution is 7.62. The summed E-state index contributed by atoms with van der Waals surface area (Å²) in [5.41, 5.74) is 6.49. The Balaban J connectivity index is 2.62. The summed E-state index contributed by atoms with van der Waals surface area (Å²) in [7, 11) is -2.74. The molecule has 6 heteroatoms. The number of rotatable bonds is 1. The topological polar surface area (TPSA) is 89.6 Å². The van der Waals surface area contributed by atoms with E-state index in [1.807, 2.05) is 6.07 Å². The SMILES string of the molecule is Nc1cccc2ccc(C(=O)N=S(=O)=O)cc12. The number of carbonyl (C=O) groups is 1. The highest BCUT2D eigenvalue weighted by atomic mass is 32.2. The van der Waals surface area contributed by atoms with Crippen LogP contribution >= 0.6 is 0 Å². The quantitative estimate of drug-likeness (QED) is 0.776. The molecule has 0 atom stereocenters. The number of nitrogen functional groups attached to an aromatic ring is 1. The monoisotopic (exact) mass is 248 g/mol. The van der Waals surface area contributed by atoms with Crippen molar-refractivity contribution < 1.29 is 13.2 Å². The number of carbonyl (C=O) groups excluding carboxylic acids is 1. The predicted molar refractivity (Wildman–Crippen MR) is 64.0 cm³/mol. The molecule has 86 valence electrons. The van der Waals surface area contributed by atoms with Crippen molar-refractivity contribution in [2.75, 3.05) is 5.73 Å². The van der Waals surface area contributed by atoms with Crippen molar-refractivity contribution in [3.8, 4) is 0 Å². The fourth-order valence-electron chi connectivity index (χ4n) is 1.55. The first kappa shape index (κ1) is 11.3. The molecule has 0 spiro atoms. The van der Waals surface area contributed by atoms with E-state index in [9.17, 15) is 13.2 Å². The average molecular weight is 248 g/mol. The maximum absolute atomic E-state index is 11.4. The number of nitrogens with two attached hydrogens (primary N) is 1. The number of amides is 1. The molecule has 0 fully saturated rings. The molecule has 2 aromatic carbocycles. The maximum atomic E-state index is 11.4. The van der Waals surface area contributed by atoms with Gasteiger partial charge in [-0.05, 0) is 23.6 Å². The molecule has 2 aromatic rings. The fourth-order valence-corrected chi connectivity index (χ4v) is 1.79. The fraction of sp³-hybridized carbons (Fsp3) is 0. The first-order valence-electron chi connectivity index (χ1n) is 4.71. The Labute approximate surface area is 98.6 Å². The van der Waals surface area contributed by atoms with E-state index < -0.39 is 16.4 Å². The molecule has 1 amide bonds. The molecular formula is C11H8N2O3S. The minimum absolute atomic E-state index is 0.194. The Morgan fingerprint density at radius 1 is 1.18 bits per heavy atom. The van der Waals surface area contributed by atoms with E-state index in [-0.39, 0.29) is 5.56 Å². The molecule has 0 heterocycles. The molecule has 0 saturated heterocycles. The number of hydrogen-bond donors (Lipinski definition) is 1. The van der Waals surface area contributed by atoms with Gasteiger partial charge in [-0.15, -0.1) is 0 Å². The van der Waals surface area contributed by atoms with Crippen molar-refractivity contribution in [3.05, 3.63) is 42.0 Å². The first-order chi connectivity index (χ1) is 8.08. The van der Waals surface area contributed by atoms with Gasteiger partial charge >= 0.3 is 10.5 Å². The summed E-state index contributed by atoms with van der Waals surface area (Å²) in [6.45, 7) is 0. The van der Waals surface area contributed by atoms with Crippen molar-refractivity contribution in [2.24, 2.45) is 4.36 Å². The lowest BCUT2D eigenvalue weighted by Gasteiger charge is -2.02. The van der Waals surface area contributed by atoms with Gasteiger partial charge in [0.05, 0.1) is 0 Å². The summed E-state index contributed by atoms with van der Waals surface area (Å²) in [5.74, 6) is -0.802. The second kappa shape index (κ2) is 4.34. The van der Waals surface area contributed by atoms with Crippen LogP contribution in [-0.2, 0) is 10.5 Å². The van der Waals surface area contributed by atoms with E-state index in [0.717, 1.165) is 5.39 Å². The van der Waals surface area contributed by atoms with Crippen LogP contribution in [0.3, 0.4) is 0 Å². The summed E-state index contributed by atoms with van der Waals surface area (Å²) >= 11 is 0. The van der Waals surface area contributed by atoms with Crippen LogP contribution in [0.5, 0.6) is 0 Å². The number of anilines is 1. The van der Waals surface area contributed by atoms with Crippen LogP contribution in [0.1, 0.15) is 10.4 Å². The number of hydrogen-bond acceptors (Lipinski definition) is 4. The summed E-state index contributed by atoms with van der Waals surface area (Å²) in [4.78, 5) is 11.4. The minimum Gasteiger partial charge on any atom is -0.398 e. The summed E-state index contributed by atoms with van der Waals surface area (Å²) < 4.78 is 23.5. The predicted octanol–water partition coefficient (Wildman–Crippen LogP) is 1.62. The van der Waals surface area contributed by atoms with Crippen LogP contribution in [0.15, 0.2) is 40.8 Å². The number of nitrogens with zero attached hydrogens (tertiary/aromatic N) is 1. The molecule has 0 aliphatic heterocycles. The Morgan fingerprint density at radius 2 is 1.94 bits per heavy atom. The standard InChI is InChI=1S/C11H8N2O3S/c12-10-3-1-2-7-4-5-8(6-9(7)10)11(14)13-17(15)16/h1-6H,12H2. The average Bonchev–Trinajstić information content (AvgIpc) is 2.28. The molecule has 0 aliphatic carbocycles. The van der Waals surface area contributed by atoms with Gasteiger partial charge in [0.25, 0.3) is 5.91 Å². The van der Waals surface area contributed by atoms with E-state index in [1.165, 1.54) is 12.1 Å². The Morgan fingerprint density at radius 3 is 2.65 bits per heavy atom. The van der Waals surface area contributed by atoms with Crippen LogP contribution in [0.4, 0.5) is 5.69 Å². The van der Waals surface area contributed by atoms with Crippen LogP contribution in [0, 0.1) is 0 Å². The van der Waals surface area contributed by atoms with E-state index in [2.05, 4.69) is 4.36 Å². The van der Waals surface area contributed by atoms with E-state index >= 15 is 0 Å². The molecule has 0 saturated carbocycles. The molecule has 2 N–H and O–H groups in total. The van der Waals surface area contributed by atoms with Gasteiger partial charge in [-0.1, -0.05) is 22.6 Å². The van der Waals surface area contributed by atoms with Gasteiger partial charge in [-0.25, -0.2) is 0 Å². The molecule has 0 unspecified atom stereocenters. The maximum Gasteiger partial charge on any atom is 0.319 e. The summed E-state index contributed by atoms with van der Waals surface area (Å²) in [6.07, 6.45) is 0. The van der Waals surface area contributed by atoms with E-state index in [1.54, 1.807) is 18.2 Å². The van der Waals surface area contributed by atoms with Crippen LogP contribution in [-0.4, -0.2) is 14.3 Å². The summed E-state index contributed by atoms with van der Waals surface area (Å²) in [6, 6.07) is 10.1. The first-order valence-corrected chi connectivity index (χ1v) is 5.75. The van der Waals surface area contributed by atoms with Gasteiger partial charge in [-0.3, -0.25) is 4.79 Å². The lowest BCUT2D eigenvalue weighted by Crippen LogP contribution is -1.95. The second-order valence-corrected chi connectivity index (χ2v) is 4.01. The molecule has 0 bridgehead atoms. The zero-order valence-electron chi connectivity index (χ0n) is 8.62. The molecule has 0 aliphatic rings. The third-order valence-electron chi connectivity index (χ3n) is 2.32. The molecular weight excluding hydrogens is 240 g/mol. The van der Waals surface area contributed by atoms with Crippen LogP contribution < -0.4 is 5.73 Å². The van der Waals surface area contributed by atoms with Gasteiger partial charge in [0.1, 0.15) is 0 Å². The van der Waals surface area contributed by atoms with Gasteiger partial charge < -0.3 is 5.73 Å². The third kappa shape index (κ3) is 2.31. The Bertz CT molecular complexity index is 727. The molecule has 2 rings (SSSR count). The molecule has 17 heavy (non-hydrogen) atoms. The Kier molecular flexibility index (Phi) is 2.88. The van der Waals surface area contributed by atoms with Crippen molar-refractivity contribution in [3.63, 3.8) is 0 Å². The van der Waals surface area contributed by atoms with Gasteiger partial charge in [0.2, 0.25) is 0 Å². The summed E-state index contributed by atoms with van der Waals surface area (Å²) in [5, 5.41) is 1.58. The number of fused-ring (bicyclic) bond motifs is 1. The highest BCUT2D eigenvalue weighted by Gasteiger charge is 2.06. The van der Waals surface area contributed by atoms with Gasteiger partial charge in [-0.2, -0.15) is 8.42 Å². The van der Waals surface area contributed by atoms with Gasteiger partial charge in [0.15, 0.2) is 0 Å². The molecule has 0 radical (unpaired) electrons. The second-order valence-electron chi connectivity index (χ2n) is 3.40. The molecule has 0 aromatic heterocycles. The van der Waals surface area contributed by atoms with Crippen molar-refractivity contribution in [1.29, 1.82) is 0 Å². The minimum atomic E-state index is -2.74. The molecule has 5 nitrogen and oxygen atoms in total. The smallest absolute Gasteiger partial charge is 0.319 e. The highest BCUT2D eigenvalue weighted by Crippen LogP contribution is 2.22. The van der Waals surface area contributed by atoms with Crippen molar-refractivity contribution >= 4 is 32.9 Å². The lowest BCUT2D eigenvalue weighted by molar-refractivity contribution is 0.100. The van der Waals surface area contributed by atoms with E-state index in [0.29, 0.717) is 11.1 Å². The van der Waals surface area contributed by atoms with Crippen molar-refractivity contribution in [1.82, 2.24) is 0 Å². The zero-order chi connectivity index (χ0) is 12.4. The van der Waals surface area contributed by atoms with Gasteiger partial charge in [0, 0.05) is 16.6 Å². The zero-order valence-corrected chi connectivity index (χ0v) is 9.44. The van der Waals surface area contributed by atoms with Crippen molar-refractivity contribution in [2.45, 2.75) is 0 Å². The van der Waals surface area contributed by atoms with Crippen LogP contribution in [0.25, 0.3) is 10.8 Å². The third-order valence-corrected chi connectivity index (χ3v) is 2.64. The number of benzene rings is 2. The lowest BCUT2D eigenvalue weighted by atomic mass is 10.1. The van der Waals surface area contributed by atoms with E-state index in [4.69, 9.17) is 5.73 Å².